The largest absolute Gasteiger partial charge is 0.497 e. The third-order valence-electron chi connectivity index (χ3n) is 3.99. The molecule has 1 atom stereocenters. The van der Waals surface area contributed by atoms with Gasteiger partial charge < -0.3 is 25.4 Å². The van der Waals surface area contributed by atoms with Crippen molar-refractivity contribution in [2.45, 2.75) is 26.5 Å². The molecule has 1 unspecified atom stereocenters. The van der Waals surface area contributed by atoms with Gasteiger partial charge in [0.2, 0.25) is 5.91 Å². The molecule has 0 spiro atoms. The summed E-state index contributed by atoms with van der Waals surface area (Å²) >= 11 is 0. The van der Waals surface area contributed by atoms with Crippen LogP contribution < -0.4 is 25.4 Å². The van der Waals surface area contributed by atoms with E-state index in [1.165, 1.54) is 0 Å². The molecule has 0 radical (unpaired) electrons. The summed E-state index contributed by atoms with van der Waals surface area (Å²) in [4.78, 5) is 16.4. The van der Waals surface area contributed by atoms with Crippen LogP contribution in [0.3, 0.4) is 0 Å². The summed E-state index contributed by atoms with van der Waals surface area (Å²) in [7, 11) is 1.62. The molecule has 0 aromatic heterocycles. The minimum atomic E-state index is -0.133. The molecule has 0 fully saturated rings. The summed E-state index contributed by atoms with van der Waals surface area (Å²) < 4.78 is 11.1. The molecular weight excluding hydrogens is 368 g/mol. The van der Waals surface area contributed by atoms with Gasteiger partial charge >= 0.3 is 0 Å². The highest BCUT2D eigenvalue weighted by molar-refractivity contribution is 5.84. The fourth-order valence-electron chi connectivity index (χ4n) is 2.53. The molecule has 2 aromatic rings. The lowest BCUT2D eigenvalue weighted by Crippen LogP contribution is -2.42. The second kappa shape index (κ2) is 12.3. The van der Waals surface area contributed by atoms with Gasteiger partial charge in [-0.3, -0.25) is 4.79 Å². The van der Waals surface area contributed by atoms with Crippen molar-refractivity contribution in [3.8, 4) is 11.5 Å². The average Bonchev–Trinajstić information content (AvgIpc) is 2.75. The lowest BCUT2D eigenvalue weighted by molar-refractivity contribution is -0.119. The highest BCUT2D eigenvalue weighted by Crippen LogP contribution is 2.19. The van der Waals surface area contributed by atoms with Crippen LogP contribution in [0.4, 0.5) is 0 Å². The molecule has 7 heteroatoms. The minimum absolute atomic E-state index is 0.0489. The van der Waals surface area contributed by atoms with Gasteiger partial charge in [0, 0.05) is 19.2 Å². The Bertz CT molecular complexity index is 781. The molecule has 2 rings (SSSR count). The zero-order chi connectivity index (χ0) is 20.9. The van der Waals surface area contributed by atoms with Crippen molar-refractivity contribution in [2.75, 3.05) is 26.7 Å². The van der Waals surface area contributed by atoms with E-state index in [1.807, 2.05) is 68.4 Å². The number of carbonyl (C=O) groups excluding carboxylic acids is 1. The number of carbonyl (C=O) groups is 1. The van der Waals surface area contributed by atoms with Gasteiger partial charge in [-0.2, -0.15) is 0 Å². The lowest BCUT2D eigenvalue weighted by atomic mass is 10.2. The highest BCUT2D eigenvalue weighted by Gasteiger charge is 2.07. The average molecular weight is 399 g/mol. The van der Waals surface area contributed by atoms with Gasteiger partial charge in [-0.25, -0.2) is 4.99 Å². The van der Waals surface area contributed by atoms with Crippen LogP contribution in [0.2, 0.25) is 0 Å². The van der Waals surface area contributed by atoms with Gasteiger partial charge in [0.05, 0.1) is 13.7 Å². The Morgan fingerprint density at radius 3 is 2.52 bits per heavy atom. The van der Waals surface area contributed by atoms with E-state index >= 15 is 0 Å². The quantitative estimate of drug-likeness (QED) is 0.423. The number of nitrogens with zero attached hydrogens (tertiary/aromatic N) is 1. The van der Waals surface area contributed by atoms with Crippen LogP contribution in [0.15, 0.2) is 59.6 Å². The second-order valence-electron chi connectivity index (χ2n) is 6.45. The molecule has 7 nitrogen and oxygen atoms in total. The predicted molar refractivity (Wildman–Crippen MR) is 115 cm³/mol. The van der Waals surface area contributed by atoms with Crippen molar-refractivity contribution in [2.24, 2.45) is 4.99 Å². The van der Waals surface area contributed by atoms with Crippen LogP contribution in [0.25, 0.3) is 0 Å². The van der Waals surface area contributed by atoms with Gasteiger partial charge in [0.25, 0.3) is 0 Å². The zero-order valence-corrected chi connectivity index (χ0v) is 17.3. The number of rotatable bonds is 10. The van der Waals surface area contributed by atoms with Crippen molar-refractivity contribution >= 4 is 11.9 Å². The van der Waals surface area contributed by atoms with Gasteiger partial charge in [0.1, 0.15) is 24.1 Å². The van der Waals surface area contributed by atoms with E-state index in [1.54, 1.807) is 7.11 Å². The zero-order valence-electron chi connectivity index (χ0n) is 17.3. The standard InChI is InChI=1S/C22H30N4O3/c1-4-23-22(26-16-21(27)24-15-18-9-6-5-7-10-18)25-14-17(2)29-20-12-8-11-19(13-20)28-3/h5-13,17H,4,14-16H2,1-3H3,(H,24,27)(H2,23,25,26). The van der Waals surface area contributed by atoms with E-state index in [0.29, 0.717) is 25.6 Å². The third-order valence-corrected chi connectivity index (χ3v) is 3.99. The second-order valence-corrected chi connectivity index (χ2v) is 6.45. The Balaban J connectivity index is 1.79. The van der Waals surface area contributed by atoms with Crippen LogP contribution in [0.1, 0.15) is 19.4 Å². The Morgan fingerprint density at radius 2 is 1.79 bits per heavy atom. The number of amides is 1. The first kappa shape index (κ1) is 22.1. The van der Waals surface area contributed by atoms with Gasteiger partial charge in [-0.15, -0.1) is 0 Å². The SMILES string of the molecule is CCNC(=NCC(=O)NCc1ccccc1)NCC(C)Oc1cccc(OC)c1. The van der Waals surface area contributed by atoms with E-state index in [2.05, 4.69) is 20.9 Å². The Hall–Kier alpha value is -3.22. The van der Waals surface area contributed by atoms with E-state index in [-0.39, 0.29) is 18.6 Å². The summed E-state index contributed by atoms with van der Waals surface area (Å²) in [6.07, 6.45) is -0.0992. The molecule has 1 amide bonds. The molecule has 0 saturated carbocycles. The summed E-state index contributed by atoms with van der Waals surface area (Å²) in [5, 5.41) is 9.20. The predicted octanol–water partition coefficient (Wildman–Crippen LogP) is 2.33. The van der Waals surface area contributed by atoms with Gasteiger partial charge in [-0.05, 0) is 31.5 Å². The molecule has 3 N–H and O–H groups in total. The summed E-state index contributed by atoms with van der Waals surface area (Å²) in [6.45, 7) is 5.71. The molecule has 0 aliphatic rings. The van der Waals surface area contributed by atoms with Crippen molar-refractivity contribution < 1.29 is 14.3 Å². The van der Waals surface area contributed by atoms with Crippen LogP contribution >= 0.6 is 0 Å². The molecule has 0 aliphatic heterocycles. The lowest BCUT2D eigenvalue weighted by Gasteiger charge is -2.18. The van der Waals surface area contributed by atoms with Crippen molar-refractivity contribution in [1.29, 1.82) is 0 Å². The van der Waals surface area contributed by atoms with Crippen molar-refractivity contribution in [3.05, 3.63) is 60.2 Å². The number of nitrogens with one attached hydrogen (secondary N) is 3. The number of methoxy groups -OCH3 is 1. The Kier molecular flexibility index (Phi) is 9.35. The summed E-state index contributed by atoms with van der Waals surface area (Å²) in [6, 6.07) is 17.3. The molecule has 0 bridgehead atoms. The molecule has 29 heavy (non-hydrogen) atoms. The summed E-state index contributed by atoms with van der Waals surface area (Å²) in [5.74, 6) is 1.93. The normalized spacial score (nSPS) is 12.0. The maximum atomic E-state index is 12.1. The van der Waals surface area contributed by atoms with Crippen LogP contribution in [-0.2, 0) is 11.3 Å². The maximum Gasteiger partial charge on any atom is 0.242 e. The molecule has 0 heterocycles. The number of guanidine groups is 1. The molecule has 0 saturated heterocycles. The highest BCUT2D eigenvalue weighted by atomic mass is 16.5. The van der Waals surface area contributed by atoms with Gasteiger partial charge in [-0.1, -0.05) is 36.4 Å². The third kappa shape index (κ3) is 8.55. The molecule has 156 valence electrons. The number of benzene rings is 2. The number of hydrogen-bond acceptors (Lipinski definition) is 4. The van der Waals surface area contributed by atoms with E-state index in [4.69, 9.17) is 9.47 Å². The Morgan fingerprint density at radius 1 is 1.03 bits per heavy atom. The molecular formula is C22H30N4O3. The fourth-order valence-corrected chi connectivity index (χ4v) is 2.53. The molecule has 0 aliphatic carbocycles. The maximum absolute atomic E-state index is 12.1. The smallest absolute Gasteiger partial charge is 0.242 e. The van der Waals surface area contributed by atoms with Gasteiger partial charge in [0.15, 0.2) is 5.96 Å². The number of ether oxygens (including phenoxy) is 2. The van der Waals surface area contributed by atoms with E-state index in [9.17, 15) is 4.79 Å². The van der Waals surface area contributed by atoms with E-state index < -0.39 is 0 Å². The summed E-state index contributed by atoms with van der Waals surface area (Å²) in [5.41, 5.74) is 1.05. The van der Waals surface area contributed by atoms with Crippen LogP contribution in [-0.4, -0.2) is 44.7 Å². The van der Waals surface area contributed by atoms with E-state index in [0.717, 1.165) is 17.1 Å². The van der Waals surface area contributed by atoms with Crippen LogP contribution in [0.5, 0.6) is 11.5 Å². The topological polar surface area (TPSA) is 84.0 Å². The first-order chi connectivity index (χ1) is 14.1. The first-order valence-electron chi connectivity index (χ1n) is 9.74. The Labute approximate surface area is 172 Å². The minimum Gasteiger partial charge on any atom is -0.497 e. The van der Waals surface area contributed by atoms with Crippen molar-refractivity contribution in [3.63, 3.8) is 0 Å². The number of aliphatic imine (C=N–C) groups is 1. The molecule has 2 aromatic carbocycles. The first-order valence-corrected chi connectivity index (χ1v) is 9.74. The van der Waals surface area contributed by atoms with Crippen molar-refractivity contribution in [1.82, 2.24) is 16.0 Å². The monoisotopic (exact) mass is 398 g/mol. The van der Waals surface area contributed by atoms with Crippen LogP contribution in [0, 0.1) is 0 Å². The fraction of sp³-hybridized carbons (Fsp3) is 0.364. The number of hydrogen-bond donors (Lipinski definition) is 3.